The van der Waals surface area contributed by atoms with Crippen LogP contribution in [0.2, 0.25) is 0 Å². The maximum Gasteiger partial charge on any atom is 0.339 e. The second-order valence-electron chi connectivity index (χ2n) is 7.45. The number of benzene rings is 1. The quantitative estimate of drug-likeness (QED) is 0.691. The zero-order valence-corrected chi connectivity index (χ0v) is 14.1. The van der Waals surface area contributed by atoms with E-state index in [4.69, 9.17) is 4.74 Å². The number of ether oxygens (including phenoxy) is 1. The molecule has 120 valence electrons. The first-order valence-corrected chi connectivity index (χ1v) is 8.80. The van der Waals surface area contributed by atoms with Crippen LogP contribution in [0.3, 0.4) is 0 Å². The van der Waals surface area contributed by atoms with Crippen LogP contribution in [0, 0.1) is 11.8 Å². The first-order chi connectivity index (χ1) is 11.1. The molecule has 3 unspecified atom stereocenters. The summed E-state index contributed by atoms with van der Waals surface area (Å²) in [6.45, 7) is 6.56. The lowest BCUT2D eigenvalue weighted by atomic mass is 9.80. The zero-order valence-electron chi connectivity index (χ0n) is 14.1. The van der Waals surface area contributed by atoms with Crippen molar-refractivity contribution in [2.24, 2.45) is 11.8 Å². The molecule has 0 aromatic heterocycles. The number of carbonyl (C=O) groups excluding carboxylic acids is 1. The second kappa shape index (κ2) is 5.36. The molecule has 1 fully saturated rings. The Bertz CT molecular complexity index is 723. The number of hydrogen-bond donors (Lipinski definition) is 0. The number of fused-ring (bicyclic) bond motifs is 2. The summed E-state index contributed by atoms with van der Waals surface area (Å²) in [5.74, 6) is 1.62. The van der Waals surface area contributed by atoms with Crippen molar-refractivity contribution in [1.29, 1.82) is 0 Å². The van der Waals surface area contributed by atoms with Crippen molar-refractivity contribution >= 4 is 5.97 Å². The minimum atomic E-state index is -0.163. The van der Waals surface area contributed by atoms with Crippen molar-refractivity contribution in [2.75, 3.05) is 0 Å². The van der Waals surface area contributed by atoms with Gasteiger partial charge in [-0.05, 0) is 49.7 Å². The summed E-state index contributed by atoms with van der Waals surface area (Å²) in [5, 5.41) is 0. The molecular formula is C21H24O2. The maximum absolute atomic E-state index is 12.0. The highest BCUT2D eigenvalue weighted by Gasteiger charge is 2.38. The van der Waals surface area contributed by atoms with Gasteiger partial charge >= 0.3 is 5.97 Å². The van der Waals surface area contributed by atoms with Crippen molar-refractivity contribution in [3.05, 3.63) is 58.2 Å². The molecule has 0 amide bonds. The highest BCUT2D eigenvalue weighted by molar-refractivity contribution is 5.94. The molecule has 0 saturated heterocycles. The van der Waals surface area contributed by atoms with Crippen LogP contribution in [0.25, 0.3) is 0 Å². The maximum atomic E-state index is 12.0. The van der Waals surface area contributed by atoms with E-state index < -0.39 is 0 Å². The van der Waals surface area contributed by atoms with Crippen LogP contribution in [-0.2, 0) is 4.74 Å². The van der Waals surface area contributed by atoms with Crippen LogP contribution in [0.15, 0.2) is 41.5 Å². The number of allylic oxidation sites excluding steroid dienone is 4. The van der Waals surface area contributed by atoms with Gasteiger partial charge < -0.3 is 4.74 Å². The van der Waals surface area contributed by atoms with Gasteiger partial charge in [-0.2, -0.15) is 0 Å². The predicted octanol–water partition coefficient (Wildman–Crippen LogP) is 5.32. The predicted molar refractivity (Wildman–Crippen MR) is 91.4 cm³/mol. The summed E-state index contributed by atoms with van der Waals surface area (Å²) in [6, 6.07) is 6.12. The van der Waals surface area contributed by atoms with Gasteiger partial charge in [-0.1, -0.05) is 49.3 Å². The third-order valence-electron chi connectivity index (χ3n) is 5.82. The molecular weight excluding hydrogens is 284 g/mol. The van der Waals surface area contributed by atoms with Crippen molar-refractivity contribution in [1.82, 2.24) is 0 Å². The van der Waals surface area contributed by atoms with Crippen molar-refractivity contribution < 1.29 is 9.53 Å². The SMILES string of the molecule is CC(C)C1=CC=C2C(CCC2c2cccc3c2C(C)OC3=O)C1. The van der Waals surface area contributed by atoms with Gasteiger partial charge in [-0.3, -0.25) is 0 Å². The molecule has 2 aliphatic carbocycles. The van der Waals surface area contributed by atoms with Crippen molar-refractivity contribution in [3.8, 4) is 0 Å². The Hall–Kier alpha value is -1.83. The lowest BCUT2D eigenvalue weighted by molar-refractivity contribution is 0.0421. The van der Waals surface area contributed by atoms with Crippen molar-refractivity contribution in [2.45, 2.75) is 52.1 Å². The topological polar surface area (TPSA) is 26.3 Å². The van der Waals surface area contributed by atoms with Crippen LogP contribution in [0.5, 0.6) is 0 Å². The summed E-state index contributed by atoms with van der Waals surface area (Å²) in [6.07, 6.45) is 8.24. The van der Waals surface area contributed by atoms with Gasteiger partial charge in [0, 0.05) is 11.5 Å². The normalized spacial score (nSPS) is 29.0. The molecule has 4 rings (SSSR count). The number of hydrogen-bond acceptors (Lipinski definition) is 2. The molecule has 1 aromatic carbocycles. The molecule has 1 aliphatic heterocycles. The molecule has 2 heteroatoms. The number of cyclic esters (lactones) is 1. The van der Waals surface area contributed by atoms with Crippen LogP contribution in [0.4, 0.5) is 0 Å². The van der Waals surface area contributed by atoms with E-state index in [1.54, 1.807) is 11.1 Å². The Morgan fingerprint density at radius 3 is 2.78 bits per heavy atom. The van der Waals surface area contributed by atoms with E-state index >= 15 is 0 Å². The molecule has 0 N–H and O–H groups in total. The molecule has 0 bridgehead atoms. The van der Waals surface area contributed by atoms with Gasteiger partial charge in [-0.15, -0.1) is 0 Å². The van der Waals surface area contributed by atoms with Gasteiger partial charge in [0.05, 0.1) is 5.56 Å². The van der Waals surface area contributed by atoms with E-state index in [0.29, 0.717) is 17.8 Å². The molecule has 0 radical (unpaired) electrons. The van der Waals surface area contributed by atoms with E-state index in [9.17, 15) is 4.79 Å². The Labute approximate surface area is 138 Å². The third-order valence-corrected chi connectivity index (χ3v) is 5.82. The largest absolute Gasteiger partial charge is 0.454 e. The standard InChI is InChI=1S/C21H24O2/c1-12(2)14-7-9-16-15(11-14)8-10-17(16)18-5-4-6-19-20(18)13(3)23-21(19)22/h4-7,9,12-13,15,17H,8,10-11H2,1-3H3. The zero-order chi connectivity index (χ0) is 16.1. The second-order valence-corrected chi connectivity index (χ2v) is 7.45. The molecule has 3 aliphatic rings. The van der Waals surface area contributed by atoms with E-state index in [2.05, 4.69) is 32.1 Å². The molecule has 2 nitrogen and oxygen atoms in total. The fourth-order valence-corrected chi connectivity index (χ4v) is 4.58. The van der Waals surface area contributed by atoms with Crippen LogP contribution in [-0.4, -0.2) is 5.97 Å². The number of esters is 1. The highest BCUT2D eigenvalue weighted by Crippen LogP contribution is 2.50. The van der Waals surface area contributed by atoms with Crippen molar-refractivity contribution in [3.63, 3.8) is 0 Å². The van der Waals surface area contributed by atoms with Gasteiger partial charge in [0.2, 0.25) is 0 Å². The molecule has 23 heavy (non-hydrogen) atoms. The molecule has 0 spiro atoms. The average Bonchev–Trinajstić information content (AvgIpc) is 3.08. The van der Waals surface area contributed by atoms with Crippen LogP contribution >= 0.6 is 0 Å². The Balaban J connectivity index is 1.75. The summed E-state index contributed by atoms with van der Waals surface area (Å²) < 4.78 is 5.45. The average molecular weight is 308 g/mol. The van der Waals surface area contributed by atoms with Crippen LogP contribution in [0.1, 0.15) is 73.5 Å². The summed E-state index contributed by atoms with van der Waals surface area (Å²) in [5.41, 5.74) is 6.35. The monoisotopic (exact) mass is 308 g/mol. The van der Waals surface area contributed by atoms with E-state index in [-0.39, 0.29) is 12.1 Å². The summed E-state index contributed by atoms with van der Waals surface area (Å²) in [7, 11) is 0. The minimum absolute atomic E-state index is 0.112. The Morgan fingerprint density at radius 2 is 2.00 bits per heavy atom. The minimum Gasteiger partial charge on any atom is -0.454 e. The molecule has 1 heterocycles. The molecule has 1 aromatic rings. The third kappa shape index (κ3) is 2.27. The fourth-order valence-electron chi connectivity index (χ4n) is 4.58. The van der Waals surface area contributed by atoms with E-state index in [1.165, 1.54) is 24.8 Å². The van der Waals surface area contributed by atoms with Gasteiger partial charge in [0.1, 0.15) is 6.10 Å². The number of carbonyl (C=O) groups is 1. The van der Waals surface area contributed by atoms with E-state index in [1.807, 2.05) is 19.1 Å². The van der Waals surface area contributed by atoms with Gasteiger partial charge in [0.25, 0.3) is 0 Å². The van der Waals surface area contributed by atoms with Gasteiger partial charge in [-0.25, -0.2) is 4.79 Å². The Kier molecular flexibility index (Phi) is 3.44. The van der Waals surface area contributed by atoms with Crippen LogP contribution < -0.4 is 0 Å². The smallest absolute Gasteiger partial charge is 0.339 e. The lowest BCUT2D eigenvalue weighted by Crippen LogP contribution is -2.11. The summed E-state index contributed by atoms with van der Waals surface area (Å²) in [4.78, 5) is 12.0. The van der Waals surface area contributed by atoms with E-state index in [0.717, 1.165) is 11.1 Å². The van der Waals surface area contributed by atoms with Gasteiger partial charge in [0.15, 0.2) is 0 Å². The fraction of sp³-hybridized carbons (Fsp3) is 0.476. The Morgan fingerprint density at radius 1 is 1.17 bits per heavy atom. The number of rotatable bonds is 2. The first kappa shape index (κ1) is 14.7. The summed E-state index contributed by atoms with van der Waals surface area (Å²) >= 11 is 0. The molecule has 1 saturated carbocycles. The lowest BCUT2D eigenvalue weighted by Gasteiger charge is -2.25. The first-order valence-electron chi connectivity index (χ1n) is 8.80. The molecule has 3 atom stereocenters. The highest BCUT2D eigenvalue weighted by atomic mass is 16.5.